The molecule has 0 spiro atoms. The van der Waals surface area contributed by atoms with Crippen molar-refractivity contribution in [1.29, 1.82) is 5.26 Å². The Kier molecular flexibility index (Phi) is 4.91. The molecule has 1 heterocycles. The third kappa shape index (κ3) is 3.73. The lowest BCUT2D eigenvalue weighted by molar-refractivity contribution is -0.129. The van der Waals surface area contributed by atoms with Gasteiger partial charge in [-0.25, -0.2) is 8.42 Å². The van der Waals surface area contributed by atoms with Crippen LogP contribution in [0.25, 0.3) is 0 Å². The minimum Gasteiger partial charge on any atom is -0.492 e. The fraction of sp³-hybridized carbons (Fsp3) is 0.263. The molecule has 0 saturated carbocycles. The highest BCUT2D eigenvalue weighted by molar-refractivity contribution is 7.92. The van der Waals surface area contributed by atoms with Gasteiger partial charge in [-0.05, 0) is 51.1 Å². The van der Waals surface area contributed by atoms with Crippen LogP contribution in [0, 0.1) is 11.3 Å². The second kappa shape index (κ2) is 7.05. The van der Waals surface area contributed by atoms with Crippen LogP contribution in [-0.4, -0.2) is 26.5 Å². The first-order valence-corrected chi connectivity index (χ1v) is 9.99. The zero-order valence-electron chi connectivity index (χ0n) is 15.6. The Bertz CT molecular complexity index is 1090. The second-order valence-electron chi connectivity index (χ2n) is 6.59. The predicted molar refractivity (Wildman–Crippen MR) is 103 cm³/mol. The summed E-state index contributed by atoms with van der Waals surface area (Å²) < 4.78 is 39.3. The van der Waals surface area contributed by atoms with Gasteiger partial charge < -0.3 is 14.8 Å². The van der Waals surface area contributed by atoms with E-state index in [4.69, 9.17) is 14.7 Å². The average Bonchev–Trinajstić information content (AvgIpc) is 2.63. The molecule has 1 aliphatic heterocycles. The van der Waals surface area contributed by atoms with Gasteiger partial charge in [-0.1, -0.05) is 0 Å². The Morgan fingerprint density at radius 1 is 1.25 bits per heavy atom. The summed E-state index contributed by atoms with van der Waals surface area (Å²) in [5, 5.41) is 11.8. The number of carbonyl (C=O) groups is 1. The van der Waals surface area contributed by atoms with E-state index in [1.807, 2.05) is 6.07 Å². The third-order valence-corrected chi connectivity index (χ3v) is 5.46. The number of nitrogens with zero attached hydrogens (tertiary/aromatic N) is 1. The Balaban J connectivity index is 1.96. The highest BCUT2D eigenvalue weighted by atomic mass is 32.2. The highest BCUT2D eigenvalue weighted by Gasteiger charge is 2.35. The minimum absolute atomic E-state index is 0.138. The van der Waals surface area contributed by atoms with Crippen LogP contribution in [0.4, 0.5) is 11.4 Å². The number of hydrogen-bond donors (Lipinski definition) is 2. The second-order valence-corrected chi connectivity index (χ2v) is 8.24. The van der Waals surface area contributed by atoms with Gasteiger partial charge in [0.15, 0.2) is 5.60 Å². The zero-order valence-corrected chi connectivity index (χ0v) is 16.4. The van der Waals surface area contributed by atoms with E-state index in [2.05, 4.69) is 10.0 Å². The lowest BCUT2D eigenvalue weighted by Crippen LogP contribution is -2.45. The van der Waals surface area contributed by atoms with Gasteiger partial charge in [-0.15, -0.1) is 0 Å². The molecule has 2 N–H and O–H groups in total. The van der Waals surface area contributed by atoms with Crippen molar-refractivity contribution in [3.05, 3.63) is 42.0 Å². The van der Waals surface area contributed by atoms with Crippen LogP contribution in [0.15, 0.2) is 41.3 Å². The molecule has 1 aliphatic rings. The molecule has 2 aromatic rings. The molecule has 0 saturated heterocycles. The van der Waals surface area contributed by atoms with Crippen LogP contribution in [0.5, 0.6) is 11.5 Å². The van der Waals surface area contributed by atoms with Crippen molar-refractivity contribution in [2.75, 3.05) is 16.6 Å². The number of sulfonamides is 1. The summed E-state index contributed by atoms with van der Waals surface area (Å²) in [4.78, 5) is 11.8. The number of fused-ring (bicyclic) bond motifs is 1. The quantitative estimate of drug-likeness (QED) is 0.795. The third-order valence-electron chi connectivity index (χ3n) is 4.06. The van der Waals surface area contributed by atoms with E-state index in [-0.39, 0.29) is 34.4 Å². The van der Waals surface area contributed by atoms with Crippen molar-refractivity contribution in [3.63, 3.8) is 0 Å². The van der Waals surface area contributed by atoms with Gasteiger partial charge in [-0.3, -0.25) is 9.52 Å². The van der Waals surface area contributed by atoms with E-state index in [9.17, 15) is 13.2 Å². The SMILES string of the molecule is CCOc1ccc(C#N)cc1S(=O)(=O)Nc1ccc2c(c1)OC(C)(C)C(=O)N2. The highest BCUT2D eigenvalue weighted by Crippen LogP contribution is 2.36. The van der Waals surface area contributed by atoms with Crippen molar-refractivity contribution in [1.82, 2.24) is 0 Å². The largest absolute Gasteiger partial charge is 0.492 e. The molecule has 0 atom stereocenters. The summed E-state index contributed by atoms with van der Waals surface area (Å²) >= 11 is 0. The van der Waals surface area contributed by atoms with Crippen molar-refractivity contribution in [2.45, 2.75) is 31.3 Å². The molecular formula is C19H19N3O5S. The van der Waals surface area contributed by atoms with Gasteiger partial charge in [0, 0.05) is 6.07 Å². The van der Waals surface area contributed by atoms with Gasteiger partial charge in [-0.2, -0.15) is 5.26 Å². The van der Waals surface area contributed by atoms with E-state index in [1.165, 1.54) is 30.3 Å². The molecule has 0 radical (unpaired) electrons. The zero-order chi connectivity index (χ0) is 20.5. The van der Waals surface area contributed by atoms with Crippen LogP contribution in [0.3, 0.4) is 0 Å². The van der Waals surface area contributed by atoms with E-state index in [1.54, 1.807) is 26.8 Å². The Hall–Kier alpha value is -3.25. The maximum absolute atomic E-state index is 12.9. The average molecular weight is 401 g/mol. The van der Waals surface area contributed by atoms with Crippen molar-refractivity contribution >= 4 is 27.3 Å². The molecule has 0 aliphatic carbocycles. The Morgan fingerprint density at radius 2 is 2.00 bits per heavy atom. The molecule has 0 bridgehead atoms. The first-order chi connectivity index (χ1) is 13.2. The van der Waals surface area contributed by atoms with Crippen LogP contribution in [0.2, 0.25) is 0 Å². The number of anilines is 2. The summed E-state index contributed by atoms with van der Waals surface area (Å²) in [5.41, 5.74) is -0.181. The molecule has 0 fully saturated rings. The normalized spacial score (nSPS) is 14.9. The molecule has 3 rings (SSSR count). The number of rotatable bonds is 5. The number of benzene rings is 2. The lowest BCUT2D eigenvalue weighted by atomic mass is 10.1. The molecule has 1 amide bonds. The fourth-order valence-corrected chi connectivity index (χ4v) is 3.86. The van der Waals surface area contributed by atoms with Crippen LogP contribution in [-0.2, 0) is 14.8 Å². The molecular weight excluding hydrogens is 382 g/mol. The topological polar surface area (TPSA) is 118 Å². The summed E-state index contributed by atoms with van der Waals surface area (Å²) in [6.07, 6.45) is 0. The van der Waals surface area contributed by atoms with Gasteiger partial charge in [0.25, 0.3) is 15.9 Å². The van der Waals surface area contributed by atoms with E-state index in [0.717, 1.165) is 0 Å². The number of nitrogens with one attached hydrogen (secondary N) is 2. The molecule has 9 heteroatoms. The first kappa shape index (κ1) is 19.5. The van der Waals surface area contributed by atoms with E-state index >= 15 is 0 Å². The summed E-state index contributed by atoms with van der Waals surface area (Å²) in [6, 6.07) is 10.7. The monoisotopic (exact) mass is 401 g/mol. The first-order valence-electron chi connectivity index (χ1n) is 8.50. The van der Waals surface area contributed by atoms with Gasteiger partial charge in [0.05, 0.1) is 29.6 Å². The van der Waals surface area contributed by atoms with Crippen molar-refractivity contribution < 1.29 is 22.7 Å². The van der Waals surface area contributed by atoms with Crippen molar-refractivity contribution in [3.8, 4) is 17.6 Å². The van der Waals surface area contributed by atoms with Gasteiger partial charge >= 0.3 is 0 Å². The minimum atomic E-state index is -4.03. The maximum atomic E-state index is 12.9. The predicted octanol–water partition coefficient (Wildman–Crippen LogP) is 2.87. The summed E-state index contributed by atoms with van der Waals surface area (Å²) in [7, 11) is -4.03. The number of nitriles is 1. The Morgan fingerprint density at radius 3 is 2.68 bits per heavy atom. The van der Waals surface area contributed by atoms with Crippen LogP contribution >= 0.6 is 0 Å². The molecule has 0 unspecified atom stereocenters. The lowest BCUT2D eigenvalue weighted by Gasteiger charge is -2.31. The molecule has 8 nitrogen and oxygen atoms in total. The number of ether oxygens (including phenoxy) is 2. The number of carbonyl (C=O) groups excluding carboxylic acids is 1. The van der Waals surface area contributed by atoms with Crippen LogP contribution in [0.1, 0.15) is 26.3 Å². The Labute approximate surface area is 163 Å². The molecule has 146 valence electrons. The smallest absolute Gasteiger partial charge is 0.268 e. The maximum Gasteiger partial charge on any atom is 0.268 e. The molecule has 28 heavy (non-hydrogen) atoms. The summed E-state index contributed by atoms with van der Waals surface area (Å²) in [5.74, 6) is 0.209. The summed E-state index contributed by atoms with van der Waals surface area (Å²) in [6.45, 7) is 5.24. The van der Waals surface area contributed by atoms with E-state index in [0.29, 0.717) is 11.4 Å². The standard InChI is InChI=1S/C19H19N3O5S/c1-4-26-15-8-5-12(11-20)9-17(15)28(24,25)22-13-6-7-14-16(10-13)27-19(2,3)18(23)21-14/h5-10,22H,4H2,1-3H3,(H,21,23). The number of amides is 1. The van der Waals surface area contributed by atoms with Gasteiger partial charge in [0.2, 0.25) is 0 Å². The van der Waals surface area contributed by atoms with Crippen molar-refractivity contribution in [2.24, 2.45) is 0 Å². The van der Waals surface area contributed by atoms with Gasteiger partial charge in [0.1, 0.15) is 16.4 Å². The fourth-order valence-electron chi connectivity index (χ4n) is 2.64. The van der Waals surface area contributed by atoms with E-state index < -0.39 is 15.6 Å². The number of hydrogen-bond acceptors (Lipinski definition) is 6. The van der Waals surface area contributed by atoms with Crippen LogP contribution < -0.4 is 19.5 Å². The molecule has 0 aromatic heterocycles. The molecule has 2 aromatic carbocycles.